The molecule has 0 spiro atoms. The number of hydrogen-bond donors (Lipinski definition) is 2. The summed E-state index contributed by atoms with van der Waals surface area (Å²) in [6.07, 6.45) is 0. The molecule has 0 saturated heterocycles. The lowest BCUT2D eigenvalue weighted by molar-refractivity contribution is 0.329. The van der Waals surface area contributed by atoms with E-state index in [0.717, 1.165) is 5.82 Å². The fourth-order valence-corrected chi connectivity index (χ4v) is 2.36. The summed E-state index contributed by atoms with van der Waals surface area (Å²) in [6.45, 7) is 4.57. The molecule has 5 heteroatoms. The van der Waals surface area contributed by atoms with Gasteiger partial charge in [0.25, 0.3) is 0 Å². The summed E-state index contributed by atoms with van der Waals surface area (Å²) in [6, 6.07) is 5.98. The van der Waals surface area contributed by atoms with Crippen molar-refractivity contribution in [1.29, 1.82) is 0 Å². The second kappa shape index (κ2) is 5.73. The summed E-state index contributed by atoms with van der Waals surface area (Å²) in [5, 5.41) is 7.52. The van der Waals surface area contributed by atoms with Crippen LogP contribution in [0.2, 0.25) is 0 Å². The molecule has 0 aliphatic heterocycles. The Hall–Kier alpha value is -1.75. The number of nitrogens with zero attached hydrogens (tertiary/aromatic N) is 1. The minimum absolute atomic E-state index is 0.210. The van der Waals surface area contributed by atoms with Gasteiger partial charge in [-0.25, -0.2) is 0 Å². The van der Waals surface area contributed by atoms with Crippen LogP contribution in [0.5, 0.6) is 5.88 Å². The van der Waals surface area contributed by atoms with Crippen LogP contribution in [0.3, 0.4) is 0 Å². The van der Waals surface area contributed by atoms with Gasteiger partial charge in [0.1, 0.15) is 5.82 Å². The fourth-order valence-electron chi connectivity index (χ4n) is 1.61. The minimum atomic E-state index is 0.210. The molecule has 0 saturated carbocycles. The number of pyridine rings is 1. The van der Waals surface area contributed by atoms with Crippen LogP contribution < -0.4 is 15.8 Å². The van der Waals surface area contributed by atoms with E-state index < -0.39 is 0 Å². The first-order valence-corrected chi connectivity index (χ1v) is 6.83. The SMILES string of the molecule is CCOc1nc(NC(C)c2ccsc2)ccc1N. The lowest BCUT2D eigenvalue weighted by Gasteiger charge is -2.14. The van der Waals surface area contributed by atoms with E-state index >= 15 is 0 Å². The number of nitrogens with two attached hydrogens (primary N) is 1. The number of anilines is 2. The van der Waals surface area contributed by atoms with Crippen molar-refractivity contribution in [1.82, 2.24) is 4.98 Å². The first-order valence-electron chi connectivity index (χ1n) is 5.88. The number of ether oxygens (including phenoxy) is 1. The molecule has 0 aliphatic rings. The second-order valence-electron chi connectivity index (χ2n) is 3.95. The van der Waals surface area contributed by atoms with Gasteiger partial charge in [0, 0.05) is 0 Å². The van der Waals surface area contributed by atoms with Crippen LogP contribution >= 0.6 is 11.3 Å². The van der Waals surface area contributed by atoms with Crippen LogP contribution in [0.1, 0.15) is 25.5 Å². The molecule has 0 fully saturated rings. The molecule has 2 heterocycles. The van der Waals surface area contributed by atoms with Crippen molar-refractivity contribution in [2.75, 3.05) is 17.7 Å². The molecule has 1 atom stereocenters. The number of hydrogen-bond acceptors (Lipinski definition) is 5. The van der Waals surface area contributed by atoms with Gasteiger partial charge in [-0.1, -0.05) is 0 Å². The molecule has 0 bridgehead atoms. The highest BCUT2D eigenvalue weighted by Gasteiger charge is 2.08. The Kier molecular flexibility index (Phi) is 4.04. The molecule has 0 radical (unpaired) electrons. The Morgan fingerprint density at radius 1 is 1.44 bits per heavy atom. The largest absolute Gasteiger partial charge is 0.476 e. The van der Waals surface area contributed by atoms with Crippen LogP contribution in [0.4, 0.5) is 11.5 Å². The Labute approximate surface area is 111 Å². The van der Waals surface area contributed by atoms with Crippen LogP contribution in [-0.4, -0.2) is 11.6 Å². The van der Waals surface area contributed by atoms with Crippen LogP contribution in [0.25, 0.3) is 0 Å². The zero-order chi connectivity index (χ0) is 13.0. The van der Waals surface area contributed by atoms with Crippen molar-refractivity contribution in [3.05, 3.63) is 34.5 Å². The molecule has 3 N–H and O–H groups in total. The summed E-state index contributed by atoms with van der Waals surface area (Å²) < 4.78 is 5.38. The monoisotopic (exact) mass is 263 g/mol. The Morgan fingerprint density at radius 2 is 2.28 bits per heavy atom. The zero-order valence-electron chi connectivity index (χ0n) is 10.5. The van der Waals surface area contributed by atoms with E-state index in [0.29, 0.717) is 18.2 Å². The number of thiophene rings is 1. The molecule has 4 nitrogen and oxygen atoms in total. The van der Waals surface area contributed by atoms with Gasteiger partial charge in [-0.3, -0.25) is 0 Å². The Balaban J connectivity index is 2.12. The highest BCUT2D eigenvalue weighted by atomic mass is 32.1. The molecule has 18 heavy (non-hydrogen) atoms. The zero-order valence-corrected chi connectivity index (χ0v) is 11.3. The van der Waals surface area contributed by atoms with Crippen LogP contribution in [0.15, 0.2) is 29.0 Å². The summed E-state index contributed by atoms with van der Waals surface area (Å²) >= 11 is 1.69. The third kappa shape index (κ3) is 2.92. The highest BCUT2D eigenvalue weighted by Crippen LogP contribution is 2.24. The molecule has 2 rings (SSSR count). The summed E-state index contributed by atoms with van der Waals surface area (Å²) in [7, 11) is 0. The van der Waals surface area contributed by atoms with Gasteiger partial charge in [-0.05, 0) is 48.4 Å². The fraction of sp³-hybridized carbons (Fsp3) is 0.308. The summed E-state index contributed by atoms with van der Waals surface area (Å²) in [5.41, 5.74) is 7.59. The van der Waals surface area contributed by atoms with Gasteiger partial charge >= 0.3 is 0 Å². The lowest BCUT2D eigenvalue weighted by atomic mass is 10.2. The van der Waals surface area contributed by atoms with E-state index in [9.17, 15) is 0 Å². The van der Waals surface area contributed by atoms with Gasteiger partial charge in [0.15, 0.2) is 0 Å². The first-order chi connectivity index (χ1) is 8.70. The molecular weight excluding hydrogens is 246 g/mol. The molecule has 2 aromatic rings. The second-order valence-corrected chi connectivity index (χ2v) is 4.73. The average Bonchev–Trinajstić information content (AvgIpc) is 2.87. The summed E-state index contributed by atoms with van der Waals surface area (Å²) in [5.74, 6) is 1.26. The third-order valence-electron chi connectivity index (χ3n) is 2.58. The molecule has 0 aliphatic carbocycles. The average molecular weight is 263 g/mol. The highest BCUT2D eigenvalue weighted by molar-refractivity contribution is 7.07. The predicted molar refractivity (Wildman–Crippen MR) is 76.2 cm³/mol. The first kappa shape index (κ1) is 12.7. The maximum absolute atomic E-state index is 5.79. The normalized spacial score (nSPS) is 12.1. The lowest BCUT2D eigenvalue weighted by Crippen LogP contribution is -2.08. The van der Waals surface area contributed by atoms with E-state index in [1.165, 1.54) is 5.56 Å². The van der Waals surface area contributed by atoms with Crippen molar-refractivity contribution >= 4 is 22.8 Å². The standard InChI is InChI=1S/C13H17N3OS/c1-3-17-13-11(14)4-5-12(16-13)15-9(2)10-6-7-18-8-10/h4-9H,3,14H2,1-2H3,(H,15,16). The molecule has 96 valence electrons. The van der Waals surface area contributed by atoms with Gasteiger partial charge in [-0.2, -0.15) is 16.3 Å². The molecule has 1 unspecified atom stereocenters. The summed E-state index contributed by atoms with van der Waals surface area (Å²) in [4.78, 5) is 4.36. The molecule has 0 amide bonds. The van der Waals surface area contributed by atoms with Gasteiger partial charge in [0.2, 0.25) is 5.88 Å². The maximum atomic E-state index is 5.79. The van der Waals surface area contributed by atoms with Crippen molar-refractivity contribution in [3.63, 3.8) is 0 Å². The van der Waals surface area contributed by atoms with Gasteiger partial charge in [0.05, 0.1) is 18.3 Å². The van der Waals surface area contributed by atoms with E-state index in [1.807, 2.05) is 13.0 Å². The van der Waals surface area contributed by atoms with E-state index in [2.05, 4.69) is 34.1 Å². The van der Waals surface area contributed by atoms with Crippen LogP contribution in [0, 0.1) is 0 Å². The van der Waals surface area contributed by atoms with E-state index in [4.69, 9.17) is 10.5 Å². The molecule has 2 aromatic heterocycles. The van der Waals surface area contributed by atoms with E-state index in [1.54, 1.807) is 17.4 Å². The number of nitrogens with one attached hydrogen (secondary N) is 1. The van der Waals surface area contributed by atoms with Crippen molar-refractivity contribution < 1.29 is 4.74 Å². The third-order valence-corrected chi connectivity index (χ3v) is 3.28. The van der Waals surface area contributed by atoms with E-state index in [-0.39, 0.29) is 6.04 Å². The predicted octanol–water partition coefficient (Wildman–Crippen LogP) is 3.30. The smallest absolute Gasteiger partial charge is 0.239 e. The topological polar surface area (TPSA) is 60.2 Å². The van der Waals surface area contributed by atoms with Crippen molar-refractivity contribution in [3.8, 4) is 5.88 Å². The van der Waals surface area contributed by atoms with Gasteiger partial charge in [-0.15, -0.1) is 0 Å². The Bertz CT molecular complexity index is 499. The Morgan fingerprint density at radius 3 is 2.94 bits per heavy atom. The van der Waals surface area contributed by atoms with Gasteiger partial charge < -0.3 is 15.8 Å². The molecular formula is C13H17N3OS. The van der Waals surface area contributed by atoms with Crippen LogP contribution in [-0.2, 0) is 0 Å². The molecule has 0 aromatic carbocycles. The number of rotatable bonds is 5. The maximum Gasteiger partial charge on any atom is 0.239 e. The number of aromatic nitrogens is 1. The minimum Gasteiger partial charge on any atom is -0.476 e. The quantitative estimate of drug-likeness (QED) is 0.869. The van der Waals surface area contributed by atoms with Crippen molar-refractivity contribution in [2.24, 2.45) is 0 Å². The number of nitrogen functional groups attached to an aromatic ring is 1. The van der Waals surface area contributed by atoms with Crippen molar-refractivity contribution in [2.45, 2.75) is 19.9 Å².